The van der Waals surface area contributed by atoms with E-state index < -0.39 is 0 Å². The number of likely N-dealkylation sites (N-methyl/N-ethyl adjacent to an activating group) is 1. The standard InChI is InChI=1S/C21H35N5O.HI/c1-6-22-21(24-15-16(2)26(5)19-10-11-19)23-13-12-17-8-7-9-18(14-17)20(27)25(3)4;/h7-9,14,16,19H,6,10-13,15H2,1-5H3,(H2,22,23,24);1H. The third kappa shape index (κ3) is 7.95. The van der Waals surface area contributed by atoms with Crippen LogP contribution < -0.4 is 10.6 Å². The van der Waals surface area contributed by atoms with Crippen molar-refractivity contribution in [3.05, 3.63) is 35.4 Å². The summed E-state index contributed by atoms with van der Waals surface area (Å²) < 4.78 is 0. The fourth-order valence-electron chi connectivity index (χ4n) is 2.98. The van der Waals surface area contributed by atoms with E-state index in [1.165, 1.54) is 12.8 Å². The highest BCUT2D eigenvalue weighted by Gasteiger charge is 2.28. The minimum atomic E-state index is 0. The summed E-state index contributed by atoms with van der Waals surface area (Å²) in [4.78, 5) is 20.9. The van der Waals surface area contributed by atoms with E-state index in [9.17, 15) is 4.79 Å². The van der Waals surface area contributed by atoms with Gasteiger partial charge in [-0.3, -0.25) is 14.7 Å². The quantitative estimate of drug-likeness (QED) is 0.310. The summed E-state index contributed by atoms with van der Waals surface area (Å²) in [6, 6.07) is 9.04. The second kappa shape index (κ2) is 12.3. The molecule has 0 spiro atoms. The van der Waals surface area contributed by atoms with Gasteiger partial charge in [-0.05, 0) is 57.9 Å². The van der Waals surface area contributed by atoms with Crippen LogP contribution in [0.3, 0.4) is 0 Å². The normalized spacial score (nSPS) is 15.0. The summed E-state index contributed by atoms with van der Waals surface area (Å²) in [7, 11) is 5.74. The van der Waals surface area contributed by atoms with Crippen LogP contribution >= 0.6 is 24.0 Å². The van der Waals surface area contributed by atoms with Gasteiger partial charge in [0, 0.05) is 44.8 Å². The molecule has 1 saturated carbocycles. The van der Waals surface area contributed by atoms with Crippen LogP contribution in [0.25, 0.3) is 0 Å². The lowest BCUT2D eigenvalue weighted by Crippen LogP contribution is -2.40. The lowest BCUT2D eigenvalue weighted by atomic mass is 10.1. The minimum Gasteiger partial charge on any atom is -0.357 e. The number of halogens is 1. The van der Waals surface area contributed by atoms with Gasteiger partial charge in [-0.1, -0.05) is 12.1 Å². The minimum absolute atomic E-state index is 0. The molecule has 0 saturated heterocycles. The van der Waals surface area contributed by atoms with Gasteiger partial charge < -0.3 is 15.5 Å². The number of nitrogens with one attached hydrogen (secondary N) is 2. The summed E-state index contributed by atoms with van der Waals surface area (Å²) in [5.74, 6) is 0.891. The Morgan fingerprint density at radius 3 is 2.57 bits per heavy atom. The Balaban J connectivity index is 0.00000392. The summed E-state index contributed by atoms with van der Waals surface area (Å²) in [5, 5.41) is 6.72. The van der Waals surface area contributed by atoms with Crippen molar-refractivity contribution in [2.45, 2.75) is 45.2 Å². The topological polar surface area (TPSA) is 60.0 Å². The van der Waals surface area contributed by atoms with Crippen molar-refractivity contribution < 1.29 is 4.79 Å². The Bertz CT molecular complexity index is 645. The van der Waals surface area contributed by atoms with Crippen LogP contribution in [-0.2, 0) is 6.42 Å². The molecule has 0 aromatic heterocycles. The number of guanidine groups is 1. The Morgan fingerprint density at radius 1 is 1.25 bits per heavy atom. The number of benzene rings is 1. The number of nitrogens with zero attached hydrogens (tertiary/aromatic N) is 3. The lowest BCUT2D eigenvalue weighted by molar-refractivity contribution is 0.0827. The molecule has 1 unspecified atom stereocenters. The summed E-state index contributed by atoms with van der Waals surface area (Å²) in [5.41, 5.74) is 1.88. The highest BCUT2D eigenvalue weighted by molar-refractivity contribution is 14.0. The van der Waals surface area contributed by atoms with Crippen LogP contribution in [0, 0.1) is 0 Å². The van der Waals surface area contributed by atoms with Crippen molar-refractivity contribution in [2.24, 2.45) is 4.99 Å². The van der Waals surface area contributed by atoms with Crippen LogP contribution in [0.1, 0.15) is 42.6 Å². The first-order chi connectivity index (χ1) is 12.9. The predicted molar refractivity (Wildman–Crippen MR) is 128 cm³/mol. The lowest BCUT2D eigenvalue weighted by Gasteiger charge is -2.23. The smallest absolute Gasteiger partial charge is 0.253 e. The Labute approximate surface area is 187 Å². The van der Waals surface area contributed by atoms with E-state index in [-0.39, 0.29) is 29.9 Å². The summed E-state index contributed by atoms with van der Waals surface area (Å²) in [6.45, 7) is 6.71. The molecule has 1 aromatic rings. The molecular formula is C21H36IN5O. The van der Waals surface area contributed by atoms with E-state index in [4.69, 9.17) is 4.99 Å². The number of aliphatic imine (C=N–C) groups is 1. The molecule has 28 heavy (non-hydrogen) atoms. The van der Waals surface area contributed by atoms with Gasteiger partial charge in [0.15, 0.2) is 5.96 Å². The fraction of sp³-hybridized carbons (Fsp3) is 0.619. The van der Waals surface area contributed by atoms with Crippen LogP contribution in [0.4, 0.5) is 0 Å². The van der Waals surface area contributed by atoms with Crippen LogP contribution in [0.2, 0.25) is 0 Å². The first-order valence-corrected chi connectivity index (χ1v) is 9.97. The molecule has 1 aliphatic rings. The third-order valence-corrected chi connectivity index (χ3v) is 4.96. The molecule has 158 valence electrons. The van der Waals surface area contributed by atoms with Gasteiger partial charge in [-0.15, -0.1) is 24.0 Å². The highest BCUT2D eigenvalue weighted by Crippen LogP contribution is 2.26. The average Bonchev–Trinajstić information content (AvgIpc) is 3.50. The first kappa shape index (κ1) is 24.7. The van der Waals surface area contributed by atoms with Gasteiger partial charge in [-0.25, -0.2) is 0 Å². The van der Waals surface area contributed by atoms with Crippen molar-refractivity contribution in [1.29, 1.82) is 0 Å². The first-order valence-electron chi connectivity index (χ1n) is 9.97. The molecule has 1 atom stereocenters. The zero-order chi connectivity index (χ0) is 19.8. The maximum atomic E-state index is 12.1. The van der Waals surface area contributed by atoms with E-state index in [1.54, 1.807) is 19.0 Å². The maximum Gasteiger partial charge on any atom is 0.253 e. The Kier molecular flexibility index (Phi) is 10.8. The molecule has 1 fully saturated rings. The number of rotatable bonds is 9. The second-order valence-electron chi connectivity index (χ2n) is 7.54. The zero-order valence-corrected chi connectivity index (χ0v) is 20.2. The molecular weight excluding hydrogens is 465 g/mol. The van der Waals surface area contributed by atoms with E-state index in [0.717, 1.165) is 49.2 Å². The number of carbonyl (C=O) groups is 1. The van der Waals surface area contributed by atoms with Crippen molar-refractivity contribution in [1.82, 2.24) is 20.4 Å². The van der Waals surface area contributed by atoms with E-state index in [0.29, 0.717) is 6.04 Å². The highest BCUT2D eigenvalue weighted by atomic mass is 127. The monoisotopic (exact) mass is 501 g/mol. The van der Waals surface area contributed by atoms with Gasteiger partial charge in [0.25, 0.3) is 5.91 Å². The molecule has 0 bridgehead atoms. The third-order valence-electron chi connectivity index (χ3n) is 4.96. The largest absolute Gasteiger partial charge is 0.357 e. The molecule has 2 N–H and O–H groups in total. The molecule has 1 amide bonds. The molecule has 0 aliphatic heterocycles. The summed E-state index contributed by atoms with van der Waals surface area (Å²) in [6.07, 6.45) is 3.48. The Morgan fingerprint density at radius 2 is 1.96 bits per heavy atom. The average molecular weight is 501 g/mol. The molecule has 7 heteroatoms. The van der Waals surface area contributed by atoms with Crippen LogP contribution in [-0.4, -0.2) is 74.5 Å². The van der Waals surface area contributed by atoms with Gasteiger partial charge in [0.2, 0.25) is 0 Å². The van der Waals surface area contributed by atoms with Gasteiger partial charge >= 0.3 is 0 Å². The van der Waals surface area contributed by atoms with Crippen molar-refractivity contribution >= 4 is 35.8 Å². The van der Waals surface area contributed by atoms with Crippen LogP contribution in [0.5, 0.6) is 0 Å². The Hall–Kier alpha value is -1.35. The maximum absolute atomic E-state index is 12.1. The number of hydrogen-bond donors (Lipinski definition) is 2. The predicted octanol–water partition coefficient (Wildman–Crippen LogP) is 2.59. The SMILES string of the molecule is CCNC(=NCC(C)N(C)C1CC1)NCCc1cccc(C(=O)N(C)C)c1.I. The molecule has 1 aromatic carbocycles. The molecule has 1 aliphatic carbocycles. The van der Waals surface area contributed by atoms with Crippen molar-refractivity contribution in [3.8, 4) is 0 Å². The molecule has 0 radical (unpaired) electrons. The van der Waals surface area contributed by atoms with Gasteiger partial charge in [0.05, 0.1) is 6.54 Å². The van der Waals surface area contributed by atoms with Crippen LogP contribution in [0.15, 0.2) is 29.3 Å². The summed E-state index contributed by atoms with van der Waals surface area (Å²) >= 11 is 0. The number of carbonyl (C=O) groups excluding carboxylic acids is 1. The van der Waals surface area contributed by atoms with Gasteiger partial charge in [-0.2, -0.15) is 0 Å². The fourth-order valence-corrected chi connectivity index (χ4v) is 2.98. The molecule has 2 rings (SSSR count). The van der Waals surface area contributed by atoms with E-state index in [1.807, 2.05) is 18.2 Å². The van der Waals surface area contributed by atoms with E-state index in [2.05, 4.69) is 42.5 Å². The molecule has 0 heterocycles. The zero-order valence-electron chi connectivity index (χ0n) is 17.9. The van der Waals surface area contributed by atoms with E-state index >= 15 is 0 Å². The van der Waals surface area contributed by atoms with Crippen molar-refractivity contribution in [2.75, 3.05) is 40.8 Å². The number of hydrogen-bond acceptors (Lipinski definition) is 3. The second-order valence-corrected chi connectivity index (χ2v) is 7.54. The molecule has 6 nitrogen and oxygen atoms in total. The number of amides is 1. The van der Waals surface area contributed by atoms with Crippen molar-refractivity contribution in [3.63, 3.8) is 0 Å². The van der Waals surface area contributed by atoms with Gasteiger partial charge in [0.1, 0.15) is 0 Å².